The summed E-state index contributed by atoms with van der Waals surface area (Å²) >= 11 is 0. The number of nitrogens with zero attached hydrogens (tertiary/aromatic N) is 1. The zero-order chi connectivity index (χ0) is 10.8. The van der Waals surface area contributed by atoms with Crippen molar-refractivity contribution in [2.24, 2.45) is 0 Å². The summed E-state index contributed by atoms with van der Waals surface area (Å²) in [7, 11) is 0. The standard InChI is InChI=1S/C10H14N2O2/c1-10(2,3)12-8-4-7(9(13)14)5-11-6-8/h4-6,12H,1-3H3,(H,13,14). The van der Waals surface area contributed by atoms with Gasteiger partial charge in [0.25, 0.3) is 0 Å². The summed E-state index contributed by atoms with van der Waals surface area (Å²) < 4.78 is 0. The molecule has 0 saturated heterocycles. The number of nitrogens with one attached hydrogen (secondary N) is 1. The molecule has 1 aromatic heterocycles. The van der Waals surface area contributed by atoms with E-state index in [4.69, 9.17) is 5.11 Å². The van der Waals surface area contributed by atoms with Gasteiger partial charge >= 0.3 is 5.97 Å². The van der Waals surface area contributed by atoms with Crippen LogP contribution < -0.4 is 5.32 Å². The molecule has 14 heavy (non-hydrogen) atoms. The summed E-state index contributed by atoms with van der Waals surface area (Å²) in [6, 6.07) is 1.57. The van der Waals surface area contributed by atoms with Crippen molar-refractivity contribution in [2.75, 3.05) is 5.32 Å². The lowest BCUT2D eigenvalue weighted by molar-refractivity contribution is 0.0696. The second kappa shape index (κ2) is 3.65. The van der Waals surface area contributed by atoms with E-state index in [9.17, 15) is 4.79 Å². The third kappa shape index (κ3) is 3.05. The van der Waals surface area contributed by atoms with Gasteiger partial charge in [-0.15, -0.1) is 0 Å². The van der Waals surface area contributed by atoms with Crippen molar-refractivity contribution >= 4 is 11.7 Å². The summed E-state index contributed by atoms with van der Waals surface area (Å²) in [4.78, 5) is 14.5. The van der Waals surface area contributed by atoms with Crippen molar-refractivity contribution in [3.8, 4) is 0 Å². The molecule has 1 heterocycles. The van der Waals surface area contributed by atoms with Gasteiger partial charge in [-0.3, -0.25) is 4.98 Å². The Kier molecular flexibility index (Phi) is 2.74. The molecule has 4 nitrogen and oxygen atoms in total. The summed E-state index contributed by atoms with van der Waals surface area (Å²) in [5, 5.41) is 11.9. The van der Waals surface area contributed by atoms with E-state index in [0.29, 0.717) is 0 Å². The second-order valence-corrected chi connectivity index (χ2v) is 4.14. The first-order valence-corrected chi connectivity index (χ1v) is 4.35. The lowest BCUT2D eigenvalue weighted by atomic mass is 10.1. The number of carbonyl (C=O) groups is 1. The fourth-order valence-electron chi connectivity index (χ4n) is 1.06. The largest absolute Gasteiger partial charge is 0.478 e. The number of carboxylic acid groups (broad SMARTS) is 1. The van der Waals surface area contributed by atoms with Crippen LogP contribution in [0.4, 0.5) is 5.69 Å². The van der Waals surface area contributed by atoms with Gasteiger partial charge < -0.3 is 10.4 Å². The van der Waals surface area contributed by atoms with E-state index >= 15 is 0 Å². The SMILES string of the molecule is CC(C)(C)Nc1cncc(C(=O)O)c1. The number of anilines is 1. The monoisotopic (exact) mass is 194 g/mol. The van der Waals surface area contributed by atoms with Gasteiger partial charge in [0.2, 0.25) is 0 Å². The molecule has 0 amide bonds. The number of pyridine rings is 1. The maximum atomic E-state index is 10.7. The van der Waals surface area contributed by atoms with E-state index in [0.717, 1.165) is 5.69 Å². The molecule has 76 valence electrons. The second-order valence-electron chi connectivity index (χ2n) is 4.14. The fraction of sp³-hybridized carbons (Fsp3) is 0.400. The normalized spacial score (nSPS) is 11.1. The highest BCUT2D eigenvalue weighted by Crippen LogP contribution is 2.14. The van der Waals surface area contributed by atoms with Crippen LogP contribution in [0.1, 0.15) is 31.1 Å². The molecule has 4 heteroatoms. The molecule has 0 atom stereocenters. The first-order valence-electron chi connectivity index (χ1n) is 4.35. The Labute approximate surface area is 83.0 Å². The van der Waals surface area contributed by atoms with E-state index < -0.39 is 5.97 Å². The van der Waals surface area contributed by atoms with E-state index in [2.05, 4.69) is 10.3 Å². The summed E-state index contributed by atoms with van der Waals surface area (Å²) in [5.41, 5.74) is 0.815. The Morgan fingerprint density at radius 1 is 1.43 bits per heavy atom. The highest BCUT2D eigenvalue weighted by Gasteiger charge is 2.11. The Bertz CT molecular complexity index is 342. The van der Waals surface area contributed by atoms with Crippen LogP contribution in [0.25, 0.3) is 0 Å². The molecule has 2 N–H and O–H groups in total. The van der Waals surface area contributed by atoms with Crippen molar-refractivity contribution in [3.05, 3.63) is 24.0 Å². The maximum absolute atomic E-state index is 10.7. The number of rotatable bonds is 2. The summed E-state index contributed by atoms with van der Waals surface area (Å²) in [6.07, 6.45) is 2.94. The smallest absolute Gasteiger partial charge is 0.337 e. The fourth-order valence-corrected chi connectivity index (χ4v) is 1.06. The molecular formula is C10H14N2O2. The minimum Gasteiger partial charge on any atom is -0.478 e. The molecule has 0 unspecified atom stereocenters. The van der Waals surface area contributed by atoms with Gasteiger partial charge in [0, 0.05) is 17.9 Å². The quantitative estimate of drug-likeness (QED) is 0.755. The molecule has 1 rings (SSSR count). The van der Waals surface area contributed by atoms with Gasteiger partial charge in [-0.05, 0) is 26.8 Å². The van der Waals surface area contributed by atoms with Crippen LogP contribution >= 0.6 is 0 Å². The third-order valence-electron chi connectivity index (χ3n) is 1.50. The van der Waals surface area contributed by atoms with E-state index in [1.807, 2.05) is 20.8 Å². The molecule has 0 aliphatic heterocycles. The van der Waals surface area contributed by atoms with Gasteiger partial charge in [-0.1, -0.05) is 0 Å². The van der Waals surface area contributed by atoms with Gasteiger partial charge in [0.1, 0.15) is 0 Å². The van der Waals surface area contributed by atoms with Crippen molar-refractivity contribution in [3.63, 3.8) is 0 Å². The average molecular weight is 194 g/mol. The average Bonchev–Trinajstić information content (AvgIpc) is 2.01. The van der Waals surface area contributed by atoms with Crippen LogP contribution in [-0.2, 0) is 0 Å². The van der Waals surface area contributed by atoms with E-state index in [-0.39, 0.29) is 11.1 Å². The predicted molar refractivity (Wildman–Crippen MR) is 54.6 cm³/mol. The number of aromatic carboxylic acids is 1. The minimum atomic E-state index is -0.963. The first kappa shape index (κ1) is 10.5. The Hall–Kier alpha value is -1.58. The van der Waals surface area contributed by atoms with Crippen molar-refractivity contribution < 1.29 is 9.90 Å². The van der Waals surface area contributed by atoms with Crippen molar-refractivity contribution in [2.45, 2.75) is 26.3 Å². The molecule has 0 fully saturated rings. The summed E-state index contributed by atoms with van der Waals surface area (Å²) in [5.74, 6) is -0.963. The Morgan fingerprint density at radius 3 is 2.57 bits per heavy atom. The molecule has 0 spiro atoms. The van der Waals surface area contributed by atoms with Gasteiger partial charge in [-0.2, -0.15) is 0 Å². The molecule has 0 aliphatic carbocycles. The zero-order valence-electron chi connectivity index (χ0n) is 8.53. The lowest BCUT2D eigenvalue weighted by Crippen LogP contribution is -2.26. The van der Waals surface area contributed by atoms with Gasteiger partial charge in [-0.25, -0.2) is 4.79 Å². The van der Waals surface area contributed by atoms with Gasteiger partial charge in [0.05, 0.1) is 11.3 Å². The zero-order valence-corrected chi connectivity index (χ0v) is 8.53. The van der Waals surface area contributed by atoms with Crippen LogP contribution in [0.15, 0.2) is 18.5 Å². The van der Waals surface area contributed by atoms with E-state index in [1.54, 1.807) is 12.3 Å². The van der Waals surface area contributed by atoms with Crippen LogP contribution in [0.3, 0.4) is 0 Å². The molecule has 0 aliphatic rings. The van der Waals surface area contributed by atoms with Gasteiger partial charge in [0.15, 0.2) is 0 Å². The number of aromatic nitrogens is 1. The molecular weight excluding hydrogens is 180 g/mol. The molecule has 0 saturated carbocycles. The van der Waals surface area contributed by atoms with Crippen LogP contribution in [0.2, 0.25) is 0 Å². The third-order valence-corrected chi connectivity index (χ3v) is 1.50. The number of carboxylic acids is 1. The van der Waals surface area contributed by atoms with Crippen molar-refractivity contribution in [1.29, 1.82) is 0 Å². The highest BCUT2D eigenvalue weighted by atomic mass is 16.4. The highest BCUT2D eigenvalue weighted by molar-refractivity contribution is 5.88. The predicted octanol–water partition coefficient (Wildman–Crippen LogP) is 1.99. The molecule has 0 bridgehead atoms. The maximum Gasteiger partial charge on any atom is 0.337 e. The molecule has 1 aromatic rings. The first-order chi connectivity index (χ1) is 6.38. The molecule has 0 radical (unpaired) electrons. The molecule has 0 aromatic carbocycles. The van der Waals surface area contributed by atoms with Crippen molar-refractivity contribution in [1.82, 2.24) is 4.98 Å². The topological polar surface area (TPSA) is 62.2 Å². The number of hydrogen-bond acceptors (Lipinski definition) is 3. The summed E-state index contributed by atoms with van der Waals surface area (Å²) in [6.45, 7) is 6.00. The van der Waals surface area contributed by atoms with E-state index in [1.165, 1.54) is 6.20 Å². The minimum absolute atomic E-state index is 0.0984. The van der Waals surface area contributed by atoms with Crippen LogP contribution in [0, 0.1) is 0 Å². The Balaban J connectivity index is 2.89. The Morgan fingerprint density at radius 2 is 2.07 bits per heavy atom. The lowest BCUT2D eigenvalue weighted by Gasteiger charge is -2.21. The van der Waals surface area contributed by atoms with Crippen LogP contribution in [0.5, 0.6) is 0 Å². The van der Waals surface area contributed by atoms with Crippen LogP contribution in [-0.4, -0.2) is 21.6 Å². The number of hydrogen-bond donors (Lipinski definition) is 2.